The number of benzene rings is 8. The molecule has 0 saturated carbocycles. The van der Waals surface area contributed by atoms with Crippen LogP contribution in [0.3, 0.4) is 0 Å². The molecule has 0 fully saturated rings. The summed E-state index contributed by atoms with van der Waals surface area (Å²) in [5, 5.41) is 4.67. The quantitative estimate of drug-likeness (QED) is 0.0368. The first kappa shape index (κ1) is 135. The smallest absolute Gasteiger partial charge is 0.187 e. The van der Waals surface area contributed by atoms with E-state index in [-0.39, 0.29) is 114 Å². The third-order valence-electron chi connectivity index (χ3n) is 14.7. The van der Waals surface area contributed by atoms with Crippen LogP contribution in [-0.4, -0.2) is 110 Å². The fourth-order valence-electron chi connectivity index (χ4n) is 8.67. The summed E-state index contributed by atoms with van der Waals surface area (Å²) < 4.78 is 115. The van der Waals surface area contributed by atoms with Gasteiger partial charge in [0.2, 0.25) is 0 Å². The number of halogens is 38. The second-order valence-electron chi connectivity index (χ2n) is 23.2. The van der Waals surface area contributed by atoms with Crippen molar-refractivity contribution in [2.45, 2.75) is 13.8 Å². The predicted octanol–water partition coefficient (Wildman–Crippen LogP) is 42.6. The maximum atomic E-state index is 13.7. The third kappa shape index (κ3) is 47.7. The third-order valence-corrected chi connectivity index (χ3v) is 26.8. The molecule has 0 aliphatic rings. The maximum absolute atomic E-state index is 13.7. The van der Waals surface area contributed by atoms with E-state index < -0.39 is 11.6 Å². The summed E-state index contributed by atoms with van der Waals surface area (Å²) in [5.41, 5.74) is 1.54. The Hall–Kier alpha value is 0.680. The molecule has 0 radical (unpaired) electrons. The molecule has 8 aromatic rings. The zero-order valence-electron chi connectivity index (χ0n) is 69.8. The monoisotopic (exact) mass is 3040 g/mol. The van der Waals surface area contributed by atoms with Crippen LogP contribution in [0.1, 0.15) is 11.1 Å². The Labute approximate surface area is 997 Å². The molecule has 0 unspecified atom stereocenters. The van der Waals surface area contributed by atoms with Crippen LogP contribution in [0.25, 0.3) is 0 Å². The van der Waals surface area contributed by atoms with Crippen molar-refractivity contribution in [3.05, 3.63) is 251 Å². The van der Waals surface area contributed by atoms with Gasteiger partial charge in [0.15, 0.2) is 69.1 Å². The minimum atomic E-state index is -0.757. The van der Waals surface area contributed by atoms with Crippen LogP contribution in [0, 0.1) is 25.5 Å². The zero-order valence-corrected chi connectivity index (χ0v) is 105. The Morgan fingerprint density at radius 3 is 0.603 bits per heavy atom. The molecular weight excluding hydrogens is 3000 g/mol. The molecule has 8 aromatic carbocycles. The van der Waals surface area contributed by atoms with E-state index in [1.807, 2.05) is 19.9 Å². The summed E-state index contributed by atoms with van der Waals surface area (Å²) in [6, 6.07) is 12.2. The molecular formula is C82H62Br10Cl26F2O16. The van der Waals surface area contributed by atoms with E-state index in [9.17, 15) is 8.78 Å². The predicted molar refractivity (Wildman–Crippen MR) is 606 cm³/mol. The van der Waals surface area contributed by atoms with Crippen LogP contribution >= 0.6 is 461 Å². The minimum Gasteiger partial charge on any atom is -0.494 e. The van der Waals surface area contributed by atoms with Gasteiger partial charge in [-0.3, -0.25) is 0 Å². The summed E-state index contributed by atoms with van der Waals surface area (Å²) in [6.07, 6.45) is 12.9. The molecule has 54 heteroatoms. The SMILES string of the molecule is COc1c(Cl)cc(OCC=C(Br)Br)c(Br)c1Cl.COc1c(Cl)cc(OCC=C(Br)Br)c(C)c1Cl.COc1c(Cl)cc(OCC=C(Br)Br)c(Cl)c1Cl.COc1c(Cl)cc(OCC=C(Br)Br)c(F)c1Cl.COc1c(Cl)cc(OCC=C(Cl)Cl)c(Br)c1Cl.COc1c(Cl)cc(OCC=C(Cl)Cl)c(C)c1Cl.COc1c(Cl)cc(OCC=C(Cl)Cl)c(Cl)c1Cl.COc1c(Cl)cc(OCC=C(Cl)Cl)c(F)c1Cl. The molecule has 752 valence electrons. The Bertz CT molecular complexity index is 4570. The summed E-state index contributed by atoms with van der Waals surface area (Å²) in [4.78, 5) is 0. The van der Waals surface area contributed by atoms with Gasteiger partial charge in [-0.2, -0.15) is 0 Å². The molecule has 0 aliphatic carbocycles. The molecule has 16 nitrogen and oxygen atoms in total. The van der Waals surface area contributed by atoms with E-state index in [1.54, 1.807) is 48.6 Å². The lowest BCUT2D eigenvalue weighted by atomic mass is 10.2. The summed E-state index contributed by atoms with van der Waals surface area (Å²) in [5.74, 6) is 3.87. The molecule has 136 heavy (non-hydrogen) atoms. The normalized spacial score (nSPS) is 10.0. The van der Waals surface area contributed by atoms with Gasteiger partial charge in [-0.15, -0.1) is 0 Å². The molecule has 0 saturated heterocycles. The fourth-order valence-corrected chi connectivity index (χ4v) is 16.2. The molecule has 0 spiro atoms. The first-order valence-electron chi connectivity index (χ1n) is 35.2. The summed E-state index contributed by atoms with van der Waals surface area (Å²) in [7, 11) is 11.6. The van der Waals surface area contributed by atoms with Gasteiger partial charge in [0.25, 0.3) is 0 Å². The lowest BCUT2D eigenvalue weighted by Gasteiger charge is -2.13. The van der Waals surface area contributed by atoms with E-state index in [0.29, 0.717) is 151 Å². The lowest BCUT2D eigenvalue weighted by Crippen LogP contribution is -1.98. The number of rotatable bonds is 32. The highest BCUT2D eigenvalue weighted by Gasteiger charge is 2.24. The van der Waals surface area contributed by atoms with Crippen molar-refractivity contribution in [3.63, 3.8) is 0 Å². The summed E-state index contributed by atoms with van der Waals surface area (Å²) >= 11 is 183. The highest BCUT2D eigenvalue weighted by molar-refractivity contribution is 9.29. The van der Waals surface area contributed by atoms with E-state index in [4.69, 9.17) is 377 Å². The van der Waals surface area contributed by atoms with Gasteiger partial charge in [0.1, 0.15) is 145 Å². The van der Waals surface area contributed by atoms with Gasteiger partial charge < -0.3 is 75.8 Å². The molecule has 0 N–H and O–H groups in total. The first-order valence-corrected chi connectivity index (χ1v) is 53.0. The Morgan fingerprint density at radius 2 is 0.390 bits per heavy atom. The molecule has 0 amide bonds. The average Bonchev–Trinajstić information content (AvgIpc) is 0.865. The van der Waals surface area contributed by atoms with Crippen molar-refractivity contribution >= 4 is 461 Å². The van der Waals surface area contributed by atoms with E-state index in [1.165, 1.54) is 99.4 Å². The van der Waals surface area contributed by atoms with Gasteiger partial charge in [-0.25, -0.2) is 8.78 Å². The highest BCUT2D eigenvalue weighted by atomic mass is 79.9. The average molecular weight is 3060 g/mol. The van der Waals surface area contributed by atoms with Crippen molar-refractivity contribution in [1.29, 1.82) is 0 Å². The standard InChI is InChI=1S/C11H10Br2Cl2O2.C11H10Cl4O2.C10H7Br3Cl2O2.C10H7Br2Cl3O2.C10H7Br2Cl2FO2.C10H7BrCl4O2.C10H7Cl5O2.C10H7Cl4FO2/c1-6-8(17-4-3-9(12)13)5-7(14)11(16-2)10(6)15;1-6-8(17-4-3-9(13)14)5-7(12)11(16-2)10(6)15;1-16-10-5(14)4-6(8(13)9(10)15)17-3-2-7(11)12;1-16-10-5(13)4-6(8(14)9(10)15)17-3-2-7(11)12;1-16-10-5(13)4-6(9(15)8(10)14)17-3-2-7(11)12;1-16-10-5(12)4-6(8(11)9(10)15)17-3-2-7(13)14;1-16-10-5(11)4-6(8(14)9(10)15)17-3-2-7(12)13;1-16-10-5(11)4-6(9(15)8(10)14)17-3-2-7(12)13/h2*3,5H,4H2,1-2H3;6*2,4H,3H2,1H3. The topological polar surface area (TPSA) is 148 Å². The van der Waals surface area contributed by atoms with Crippen LogP contribution < -0.4 is 75.8 Å². The zero-order chi connectivity index (χ0) is 104. The van der Waals surface area contributed by atoms with Crippen LogP contribution in [0.2, 0.25) is 90.4 Å². The molecule has 0 heterocycles. The van der Waals surface area contributed by atoms with Crippen molar-refractivity contribution in [2.75, 3.05) is 110 Å². The molecule has 8 rings (SSSR count). The second kappa shape index (κ2) is 72.2. The van der Waals surface area contributed by atoms with Crippen LogP contribution in [-0.2, 0) is 0 Å². The first-order chi connectivity index (χ1) is 63.7. The highest BCUT2D eigenvalue weighted by Crippen LogP contribution is 2.51. The Balaban J connectivity index is 0.000000777. The number of ether oxygens (including phenoxy) is 16. The van der Waals surface area contributed by atoms with Crippen molar-refractivity contribution in [3.8, 4) is 92.0 Å². The Kier molecular flexibility index (Phi) is 71.5. The van der Waals surface area contributed by atoms with Crippen LogP contribution in [0.4, 0.5) is 8.78 Å². The molecule has 0 aliphatic heterocycles. The minimum absolute atomic E-state index is 0.00175. The van der Waals surface area contributed by atoms with Crippen molar-refractivity contribution in [1.82, 2.24) is 0 Å². The van der Waals surface area contributed by atoms with E-state index in [0.717, 1.165) is 21.3 Å². The van der Waals surface area contributed by atoms with E-state index >= 15 is 0 Å². The lowest BCUT2D eigenvalue weighted by molar-refractivity contribution is 0.338. The van der Waals surface area contributed by atoms with Gasteiger partial charge in [0, 0.05) is 59.7 Å². The fraction of sp³-hybridized carbons (Fsp3) is 0.220. The summed E-state index contributed by atoms with van der Waals surface area (Å²) in [6.45, 7) is 5.54. The molecule has 0 aromatic heterocycles. The van der Waals surface area contributed by atoms with E-state index in [2.05, 4.69) is 159 Å². The maximum Gasteiger partial charge on any atom is 0.187 e. The molecule has 0 bridgehead atoms. The number of hydrogen-bond acceptors (Lipinski definition) is 16. The van der Waals surface area contributed by atoms with Crippen molar-refractivity contribution in [2.24, 2.45) is 0 Å². The number of methoxy groups -OCH3 is 8. The largest absolute Gasteiger partial charge is 0.494 e. The van der Waals surface area contributed by atoms with Crippen molar-refractivity contribution < 1.29 is 84.6 Å². The molecule has 0 atom stereocenters. The van der Waals surface area contributed by atoms with Gasteiger partial charge in [-0.1, -0.05) is 302 Å². The van der Waals surface area contributed by atoms with Gasteiger partial charge in [-0.05, 0) is 222 Å². The van der Waals surface area contributed by atoms with Gasteiger partial charge in [0.05, 0.1) is 130 Å². The van der Waals surface area contributed by atoms with Gasteiger partial charge >= 0.3 is 0 Å². The Morgan fingerprint density at radius 1 is 0.228 bits per heavy atom. The van der Waals surface area contributed by atoms with Crippen LogP contribution in [0.15, 0.2) is 138 Å². The van der Waals surface area contributed by atoms with Crippen LogP contribution in [0.5, 0.6) is 92.0 Å². The number of hydrogen-bond donors (Lipinski definition) is 0. The second-order valence-corrected chi connectivity index (χ2v) is 46.9.